The van der Waals surface area contributed by atoms with Crippen molar-refractivity contribution in [2.45, 2.75) is 50.7 Å². The fourth-order valence-corrected chi connectivity index (χ4v) is 2.57. The highest BCUT2D eigenvalue weighted by atomic mass is 19.4. The number of benzene rings is 1. The number of halogens is 3. The number of hydrogen-bond acceptors (Lipinski definition) is 2. The van der Waals surface area contributed by atoms with Crippen LogP contribution >= 0.6 is 0 Å². The van der Waals surface area contributed by atoms with Crippen molar-refractivity contribution in [2.24, 2.45) is 10.8 Å². The van der Waals surface area contributed by atoms with Gasteiger partial charge in [0.15, 0.2) is 0 Å². The number of alkyl halides is 3. The molecule has 0 unspecified atom stereocenters. The quantitative estimate of drug-likeness (QED) is 0.389. The highest BCUT2D eigenvalue weighted by molar-refractivity contribution is 5.84. The van der Waals surface area contributed by atoms with E-state index in [-0.39, 0.29) is 6.04 Å². The van der Waals surface area contributed by atoms with Crippen LogP contribution in [0.15, 0.2) is 29.3 Å². The van der Waals surface area contributed by atoms with Gasteiger partial charge in [0.2, 0.25) is 0 Å². The van der Waals surface area contributed by atoms with Crippen molar-refractivity contribution in [3.05, 3.63) is 35.4 Å². The first-order valence-electron chi connectivity index (χ1n) is 7.18. The van der Waals surface area contributed by atoms with Crippen LogP contribution in [-0.2, 0) is 12.6 Å². The number of nitrogens with two attached hydrogens (primary N) is 1. The minimum atomic E-state index is -4.30. The number of nitrogens with one attached hydrogen (secondary N) is 1. The Morgan fingerprint density at radius 1 is 1.14 bits per heavy atom. The van der Waals surface area contributed by atoms with Gasteiger partial charge in [-0.2, -0.15) is 13.2 Å². The number of aliphatic imine (C=N–C) groups is 1. The molecule has 0 bridgehead atoms. The Morgan fingerprint density at radius 2 is 1.76 bits per heavy atom. The van der Waals surface area contributed by atoms with Crippen LogP contribution in [0.5, 0.6) is 0 Å². The summed E-state index contributed by atoms with van der Waals surface area (Å²) < 4.78 is 37.5. The van der Waals surface area contributed by atoms with E-state index in [1.54, 1.807) is 0 Å². The molecule has 1 fully saturated rings. The van der Waals surface area contributed by atoms with E-state index in [4.69, 9.17) is 5.84 Å². The lowest BCUT2D eigenvalue weighted by atomic mass is 9.96. The van der Waals surface area contributed by atoms with Gasteiger partial charge in [-0.3, -0.25) is 4.99 Å². The second-order valence-electron chi connectivity index (χ2n) is 5.38. The van der Waals surface area contributed by atoms with Gasteiger partial charge in [0.1, 0.15) is 5.84 Å². The van der Waals surface area contributed by atoms with Crippen molar-refractivity contribution in [1.29, 1.82) is 0 Å². The van der Waals surface area contributed by atoms with Crippen LogP contribution in [0.1, 0.15) is 43.2 Å². The fourth-order valence-electron chi connectivity index (χ4n) is 2.57. The van der Waals surface area contributed by atoms with Crippen molar-refractivity contribution in [1.82, 2.24) is 5.43 Å². The molecule has 0 aromatic heterocycles. The molecular weight excluding hydrogens is 279 g/mol. The van der Waals surface area contributed by atoms with Crippen LogP contribution in [0.2, 0.25) is 0 Å². The summed E-state index contributed by atoms with van der Waals surface area (Å²) in [5, 5.41) is 0. The molecule has 116 valence electrons. The van der Waals surface area contributed by atoms with Crippen molar-refractivity contribution in [3.63, 3.8) is 0 Å². The third-order valence-corrected chi connectivity index (χ3v) is 3.73. The molecule has 21 heavy (non-hydrogen) atoms. The predicted octanol–water partition coefficient (Wildman–Crippen LogP) is 3.44. The normalized spacial score (nSPS) is 17.8. The van der Waals surface area contributed by atoms with Gasteiger partial charge in [-0.15, -0.1) is 0 Å². The fraction of sp³-hybridized carbons (Fsp3) is 0.533. The molecule has 1 aromatic carbocycles. The maximum atomic E-state index is 12.5. The van der Waals surface area contributed by atoms with Crippen LogP contribution in [0, 0.1) is 0 Å². The second-order valence-corrected chi connectivity index (χ2v) is 5.38. The third kappa shape index (κ3) is 4.74. The Bertz CT molecular complexity index is 474. The van der Waals surface area contributed by atoms with Gasteiger partial charge in [-0.25, -0.2) is 5.84 Å². The summed E-state index contributed by atoms with van der Waals surface area (Å²) >= 11 is 0. The number of hydrazine groups is 1. The van der Waals surface area contributed by atoms with E-state index in [0.29, 0.717) is 12.3 Å². The van der Waals surface area contributed by atoms with E-state index < -0.39 is 11.7 Å². The summed E-state index contributed by atoms with van der Waals surface area (Å²) in [6.45, 7) is 0. The lowest BCUT2D eigenvalue weighted by molar-refractivity contribution is -0.137. The Balaban J connectivity index is 2.02. The highest BCUT2D eigenvalue weighted by Gasteiger charge is 2.29. The van der Waals surface area contributed by atoms with E-state index in [1.165, 1.54) is 31.4 Å². The van der Waals surface area contributed by atoms with Gasteiger partial charge in [0.25, 0.3) is 0 Å². The van der Waals surface area contributed by atoms with Crippen LogP contribution in [0.25, 0.3) is 0 Å². The first-order chi connectivity index (χ1) is 9.99. The van der Waals surface area contributed by atoms with E-state index in [0.717, 1.165) is 30.5 Å². The lowest BCUT2D eigenvalue weighted by Crippen LogP contribution is -2.33. The van der Waals surface area contributed by atoms with Crippen LogP contribution in [-0.4, -0.2) is 11.9 Å². The minimum Gasteiger partial charge on any atom is -0.312 e. The van der Waals surface area contributed by atoms with Gasteiger partial charge in [-0.1, -0.05) is 31.4 Å². The molecule has 0 aliphatic heterocycles. The number of nitrogens with zero attached hydrogens (tertiary/aromatic N) is 1. The Hall–Kier alpha value is -1.56. The maximum Gasteiger partial charge on any atom is 0.416 e. The number of rotatable bonds is 3. The molecule has 1 aromatic rings. The molecule has 0 atom stereocenters. The number of amidine groups is 1. The summed E-state index contributed by atoms with van der Waals surface area (Å²) in [6, 6.07) is 5.39. The molecule has 0 radical (unpaired) electrons. The maximum absolute atomic E-state index is 12.5. The summed E-state index contributed by atoms with van der Waals surface area (Å²) in [6.07, 6.45) is 1.82. The van der Waals surface area contributed by atoms with Crippen LogP contribution in [0.4, 0.5) is 13.2 Å². The Kier molecular flexibility index (Phi) is 5.22. The summed E-state index contributed by atoms with van der Waals surface area (Å²) in [7, 11) is 0. The molecule has 3 nitrogen and oxygen atoms in total. The molecule has 3 N–H and O–H groups in total. The summed E-state index contributed by atoms with van der Waals surface area (Å²) in [5.41, 5.74) is 2.69. The van der Waals surface area contributed by atoms with Crippen LogP contribution < -0.4 is 11.3 Å². The van der Waals surface area contributed by atoms with Gasteiger partial charge < -0.3 is 5.43 Å². The molecule has 1 saturated carbocycles. The first kappa shape index (κ1) is 15.8. The summed E-state index contributed by atoms with van der Waals surface area (Å²) in [5.74, 6) is 6.10. The minimum absolute atomic E-state index is 0.277. The Labute approximate surface area is 122 Å². The predicted molar refractivity (Wildman–Crippen MR) is 76.8 cm³/mol. The standard InChI is InChI=1S/C15H20F3N3/c16-15(17,18)12-8-6-11(7-9-12)10-14(21-19)20-13-4-2-1-3-5-13/h6-9,13H,1-5,10,19H2,(H,20,21). The van der Waals surface area contributed by atoms with Gasteiger partial charge in [0, 0.05) is 6.42 Å². The molecule has 0 saturated heterocycles. The average Bonchev–Trinajstić information content (AvgIpc) is 2.47. The van der Waals surface area contributed by atoms with E-state index >= 15 is 0 Å². The van der Waals surface area contributed by atoms with E-state index in [1.807, 2.05) is 0 Å². The largest absolute Gasteiger partial charge is 0.416 e. The van der Waals surface area contributed by atoms with E-state index in [2.05, 4.69) is 10.4 Å². The Morgan fingerprint density at radius 3 is 2.29 bits per heavy atom. The van der Waals surface area contributed by atoms with Crippen molar-refractivity contribution >= 4 is 5.84 Å². The highest BCUT2D eigenvalue weighted by Crippen LogP contribution is 2.29. The topological polar surface area (TPSA) is 50.4 Å². The zero-order valence-electron chi connectivity index (χ0n) is 11.8. The van der Waals surface area contributed by atoms with Crippen molar-refractivity contribution in [3.8, 4) is 0 Å². The van der Waals surface area contributed by atoms with E-state index in [9.17, 15) is 13.2 Å². The first-order valence-corrected chi connectivity index (χ1v) is 7.18. The summed E-state index contributed by atoms with van der Waals surface area (Å²) in [4.78, 5) is 4.58. The molecule has 2 rings (SSSR count). The molecule has 6 heteroatoms. The zero-order valence-corrected chi connectivity index (χ0v) is 11.8. The van der Waals surface area contributed by atoms with Gasteiger partial charge in [0.05, 0.1) is 11.6 Å². The van der Waals surface area contributed by atoms with Crippen molar-refractivity contribution < 1.29 is 13.2 Å². The van der Waals surface area contributed by atoms with Crippen LogP contribution in [0.3, 0.4) is 0 Å². The third-order valence-electron chi connectivity index (χ3n) is 3.73. The number of hydrogen-bond donors (Lipinski definition) is 2. The monoisotopic (exact) mass is 299 g/mol. The van der Waals surface area contributed by atoms with Gasteiger partial charge >= 0.3 is 6.18 Å². The van der Waals surface area contributed by atoms with Gasteiger partial charge in [-0.05, 0) is 30.5 Å². The molecule has 0 spiro atoms. The smallest absolute Gasteiger partial charge is 0.312 e. The molecular formula is C15H20F3N3. The SMILES string of the molecule is NNC(Cc1ccc(C(F)(F)F)cc1)=NC1CCCCC1. The average molecular weight is 299 g/mol. The zero-order chi connectivity index (χ0) is 15.3. The molecule has 1 aliphatic rings. The van der Waals surface area contributed by atoms with Crippen molar-refractivity contribution in [2.75, 3.05) is 0 Å². The molecule has 1 aliphatic carbocycles. The molecule has 0 amide bonds. The lowest BCUT2D eigenvalue weighted by Gasteiger charge is -2.19. The second kappa shape index (κ2) is 6.93. The molecule has 0 heterocycles.